The lowest BCUT2D eigenvalue weighted by atomic mass is 9.33. The summed E-state index contributed by atoms with van der Waals surface area (Å²) in [5.74, 6) is 0.358. The van der Waals surface area contributed by atoms with Gasteiger partial charge in [0.2, 0.25) is 0 Å². The highest BCUT2D eigenvalue weighted by Crippen LogP contribution is 2.75. The zero-order valence-electron chi connectivity index (χ0n) is 31.9. The Bertz CT molecular complexity index is 1530. The predicted molar refractivity (Wildman–Crippen MR) is 195 cm³/mol. The molecule has 0 aliphatic heterocycles. The van der Waals surface area contributed by atoms with Gasteiger partial charge >= 0.3 is 5.97 Å². The topological polar surface area (TPSA) is 115 Å². The van der Waals surface area contributed by atoms with Crippen LogP contribution in [0.15, 0.2) is 41.5 Å². The Kier molecular flexibility index (Phi) is 9.76. The van der Waals surface area contributed by atoms with Crippen LogP contribution >= 0.6 is 0 Å². The molecule has 0 saturated heterocycles. The van der Waals surface area contributed by atoms with E-state index in [2.05, 4.69) is 54.5 Å². The van der Waals surface area contributed by atoms with Gasteiger partial charge in [0.05, 0.1) is 12.2 Å². The van der Waals surface area contributed by atoms with E-state index in [1.54, 1.807) is 18.2 Å². The molecule has 9 unspecified atom stereocenters. The molecule has 272 valence electrons. The van der Waals surface area contributed by atoms with Gasteiger partial charge in [-0.15, -0.1) is 0 Å². The predicted octanol–water partition coefficient (Wildman–Crippen LogP) is 9.31. The fraction of sp³-hybridized carbons (Fsp3) is 0.721. The second-order valence-corrected chi connectivity index (χ2v) is 19.0. The number of phenolic OH excluding ortho intramolecular Hbond substituents is 1. The largest absolute Gasteiger partial charge is 0.508 e. The maximum Gasteiger partial charge on any atom is 0.312 e. The van der Waals surface area contributed by atoms with Crippen LogP contribution in [0.2, 0.25) is 0 Å². The third kappa shape index (κ3) is 5.95. The molecule has 0 spiro atoms. The van der Waals surface area contributed by atoms with Crippen molar-refractivity contribution >= 4 is 11.8 Å². The van der Waals surface area contributed by atoms with Crippen LogP contribution in [0.25, 0.3) is 0 Å². The normalized spacial score (nSPS) is 40.1. The number of rotatable bonds is 4. The van der Waals surface area contributed by atoms with Crippen molar-refractivity contribution in [2.24, 2.45) is 50.2 Å². The number of hydrogen-bond acceptors (Lipinski definition) is 5. The van der Waals surface area contributed by atoms with Crippen molar-refractivity contribution in [1.29, 1.82) is 0 Å². The van der Waals surface area contributed by atoms with E-state index >= 15 is 0 Å². The second-order valence-electron chi connectivity index (χ2n) is 19.0. The zero-order valence-corrected chi connectivity index (χ0v) is 31.9. The summed E-state index contributed by atoms with van der Waals surface area (Å²) in [5.41, 5.74) is 2.93. The Morgan fingerprint density at radius 2 is 1.53 bits per heavy atom. The summed E-state index contributed by atoms with van der Waals surface area (Å²) in [6.45, 7) is 21.9. The first-order valence-electron chi connectivity index (χ1n) is 18.8. The number of carbonyl (C=O) groups is 2. The number of carboxylic acid groups (broad SMARTS) is 1. The zero-order chi connectivity index (χ0) is 36.5. The number of aliphatic carboxylic acids is 1. The molecule has 0 amide bonds. The van der Waals surface area contributed by atoms with Gasteiger partial charge in [-0.1, -0.05) is 71.8 Å². The third-order valence-corrected chi connectivity index (χ3v) is 15.3. The van der Waals surface area contributed by atoms with E-state index in [1.807, 2.05) is 19.9 Å². The molecule has 0 aromatic heterocycles. The van der Waals surface area contributed by atoms with Crippen molar-refractivity contribution in [3.05, 3.63) is 52.6 Å². The molecule has 49 heavy (non-hydrogen) atoms. The van der Waals surface area contributed by atoms with E-state index in [4.69, 9.17) is 0 Å². The summed E-state index contributed by atoms with van der Waals surface area (Å²) in [5, 5.41) is 42.7. The summed E-state index contributed by atoms with van der Waals surface area (Å²) >= 11 is 0. The third-order valence-electron chi connectivity index (χ3n) is 15.3. The minimum absolute atomic E-state index is 0.0217. The highest BCUT2D eigenvalue weighted by atomic mass is 16.4. The average molecular weight is 677 g/mol. The molecule has 0 bridgehead atoms. The Labute approximate surface area is 295 Å². The van der Waals surface area contributed by atoms with Gasteiger partial charge in [0.1, 0.15) is 11.2 Å². The van der Waals surface area contributed by atoms with Crippen LogP contribution in [-0.4, -0.2) is 44.4 Å². The maximum absolute atomic E-state index is 12.8. The first-order valence-corrected chi connectivity index (χ1v) is 18.8. The molecular weight excluding hydrogens is 612 g/mol. The van der Waals surface area contributed by atoms with Gasteiger partial charge in [-0.05, 0) is 154 Å². The lowest BCUT2D eigenvalue weighted by Gasteiger charge is -2.71. The summed E-state index contributed by atoms with van der Waals surface area (Å²) in [7, 11) is 0. The molecule has 5 aliphatic carbocycles. The molecule has 6 rings (SSSR count). The summed E-state index contributed by atoms with van der Waals surface area (Å²) in [6.07, 6.45) is 12.0. The number of phenols is 1. The van der Waals surface area contributed by atoms with Crippen LogP contribution in [0.1, 0.15) is 143 Å². The van der Waals surface area contributed by atoms with Crippen LogP contribution in [0.3, 0.4) is 0 Å². The fourth-order valence-corrected chi connectivity index (χ4v) is 12.0. The van der Waals surface area contributed by atoms with E-state index in [9.17, 15) is 30.0 Å². The van der Waals surface area contributed by atoms with Gasteiger partial charge in [-0.25, -0.2) is 0 Å². The van der Waals surface area contributed by atoms with Crippen LogP contribution in [0.5, 0.6) is 5.75 Å². The van der Waals surface area contributed by atoms with Crippen LogP contribution in [0.4, 0.5) is 0 Å². The highest BCUT2D eigenvalue weighted by Gasteiger charge is 2.71. The Balaban J connectivity index is 0.000000263. The van der Waals surface area contributed by atoms with Gasteiger partial charge in [-0.3, -0.25) is 9.59 Å². The first-order chi connectivity index (χ1) is 22.6. The molecule has 5 aliphatic rings. The summed E-state index contributed by atoms with van der Waals surface area (Å²) in [6, 6.07) is 4.96. The monoisotopic (exact) mass is 676 g/mol. The number of carboxylic acids is 1. The van der Waals surface area contributed by atoms with Crippen molar-refractivity contribution in [2.75, 3.05) is 0 Å². The molecule has 4 fully saturated rings. The maximum atomic E-state index is 12.8. The number of aliphatic hydroxyl groups is 2. The van der Waals surface area contributed by atoms with Crippen LogP contribution in [-0.2, 0) is 11.2 Å². The van der Waals surface area contributed by atoms with Crippen molar-refractivity contribution in [1.82, 2.24) is 0 Å². The second kappa shape index (κ2) is 12.7. The Morgan fingerprint density at radius 3 is 2.14 bits per heavy atom. The van der Waals surface area contributed by atoms with Gasteiger partial charge < -0.3 is 20.4 Å². The van der Waals surface area contributed by atoms with Crippen molar-refractivity contribution in [3.8, 4) is 5.75 Å². The number of ketones is 1. The molecule has 6 nitrogen and oxygen atoms in total. The molecular formula is C43H64O6. The number of carbonyl (C=O) groups excluding carboxylic acids is 1. The van der Waals surface area contributed by atoms with Gasteiger partial charge in [-0.2, -0.15) is 0 Å². The van der Waals surface area contributed by atoms with E-state index in [0.29, 0.717) is 36.7 Å². The molecule has 4 N–H and O–H groups in total. The smallest absolute Gasteiger partial charge is 0.312 e. The van der Waals surface area contributed by atoms with Crippen LogP contribution < -0.4 is 0 Å². The highest BCUT2D eigenvalue weighted by molar-refractivity contribution is 5.94. The van der Waals surface area contributed by atoms with Crippen LogP contribution in [0, 0.1) is 50.2 Å². The Morgan fingerprint density at radius 1 is 0.857 bits per heavy atom. The lowest BCUT2D eigenvalue weighted by Crippen LogP contribution is -2.67. The number of fused-ring (bicyclic) bond motifs is 7. The minimum atomic E-state index is -1.04. The summed E-state index contributed by atoms with van der Waals surface area (Å²) < 4.78 is 0. The molecule has 1 aromatic carbocycles. The van der Waals surface area contributed by atoms with Gasteiger partial charge in [0.25, 0.3) is 0 Å². The number of benzene rings is 1. The van der Waals surface area contributed by atoms with E-state index in [-0.39, 0.29) is 50.6 Å². The molecule has 6 heteroatoms. The van der Waals surface area contributed by atoms with Gasteiger partial charge in [0, 0.05) is 5.56 Å². The number of aromatic hydroxyl groups is 1. The molecule has 9 atom stereocenters. The SMILES string of the molecule is CC(=O)c1ccc(O)c(CC=C(C)C)c1.CC1(C)CCC2(C(=O)O)C(O)CC3(C)C(=CCC4C5(C)CCC(O)C(C)(C)C5CCC43C)C2C1. The van der Waals surface area contributed by atoms with E-state index in [0.717, 1.165) is 50.5 Å². The number of Topliss-reactive ketones (excluding diaryl/α,β-unsaturated/α-hetero) is 1. The molecule has 0 heterocycles. The number of aliphatic hydroxyl groups excluding tert-OH is 2. The Hall–Kier alpha value is -2.44. The number of hydrogen-bond donors (Lipinski definition) is 4. The molecule has 0 radical (unpaired) electrons. The standard InChI is InChI=1S/C30H48O4.C13H16O2/c1-25(2)14-15-30(24(33)34)19(16-25)18-8-9-21-27(5)12-11-22(31)26(3,4)20(27)10-13-28(21,6)29(18,7)17-23(30)32;1-9(2)4-5-12-8-11(10(3)14)6-7-13(12)15/h8,19-23,31-32H,9-17H2,1-7H3,(H,33,34);4,6-8,15H,5H2,1-3H3. The first kappa shape index (κ1) is 37.8. The van der Waals surface area contributed by atoms with Crippen molar-refractivity contribution < 1.29 is 30.0 Å². The molecule has 4 saturated carbocycles. The van der Waals surface area contributed by atoms with E-state index in [1.165, 1.54) is 18.1 Å². The molecule has 1 aromatic rings. The summed E-state index contributed by atoms with van der Waals surface area (Å²) in [4.78, 5) is 24.0. The van der Waals surface area contributed by atoms with Crippen molar-refractivity contribution in [3.63, 3.8) is 0 Å². The van der Waals surface area contributed by atoms with Crippen molar-refractivity contribution in [2.45, 2.75) is 146 Å². The minimum Gasteiger partial charge on any atom is -0.508 e. The van der Waals surface area contributed by atoms with E-state index < -0.39 is 17.5 Å². The lowest BCUT2D eigenvalue weighted by molar-refractivity contribution is -0.218. The van der Waals surface area contributed by atoms with Gasteiger partial charge in [0.15, 0.2) is 5.78 Å². The average Bonchev–Trinajstić information content (AvgIpc) is 2.99. The number of allylic oxidation sites excluding steroid dienone is 4. The quantitative estimate of drug-likeness (QED) is 0.187. The fourth-order valence-electron chi connectivity index (χ4n) is 12.0.